The first kappa shape index (κ1) is 18.8. The number of hydrogen-bond acceptors (Lipinski definition) is 4. The van der Waals surface area contributed by atoms with E-state index < -0.39 is 5.91 Å². The van der Waals surface area contributed by atoms with Crippen molar-refractivity contribution in [3.63, 3.8) is 0 Å². The van der Waals surface area contributed by atoms with Crippen LogP contribution in [0.3, 0.4) is 0 Å². The molecule has 0 saturated carbocycles. The molecule has 3 rings (SSSR count). The second kappa shape index (κ2) is 8.59. The number of nitrogens with one attached hydrogen (secondary N) is 3. The number of rotatable bonds is 5. The van der Waals surface area contributed by atoms with Crippen LogP contribution in [0.4, 0.5) is 17.1 Å². The molecule has 3 N–H and O–H groups in total. The zero-order valence-corrected chi connectivity index (χ0v) is 15.1. The van der Waals surface area contributed by atoms with Crippen molar-refractivity contribution in [3.05, 3.63) is 84.2 Å². The van der Waals surface area contributed by atoms with Crippen molar-refractivity contribution >= 4 is 34.8 Å². The molecule has 0 fully saturated rings. The van der Waals surface area contributed by atoms with Crippen molar-refractivity contribution in [1.82, 2.24) is 4.98 Å². The maximum Gasteiger partial charge on any atom is 0.257 e. The first-order chi connectivity index (χ1) is 13.5. The Balaban J connectivity index is 1.72. The van der Waals surface area contributed by atoms with Gasteiger partial charge in [-0.05, 0) is 36.4 Å². The fraction of sp³-hybridized carbons (Fsp3) is 0.0476. The number of hydrogen-bond donors (Lipinski definition) is 3. The molecule has 0 aliphatic heterocycles. The van der Waals surface area contributed by atoms with E-state index in [1.165, 1.54) is 25.4 Å². The molecule has 0 saturated heterocycles. The van der Waals surface area contributed by atoms with Gasteiger partial charge in [0, 0.05) is 36.4 Å². The summed E-state index contributed by atoms with van der Waals surface area (Å²) in [5.74, 6) is -0.979. The zero-order chi connectivity index (χ0) is 19.9. The maximum absolute atomic E-state index is 12.5. The minimum atomic E-state index is -0.415. The molecule has 1 heterocycles. The van der Waals surface area contributed by atoms with E-state index in [2.05, 4.69) is 20.9 Å². The highest BCUT2D eigenvalue weighted by Gasteiger charge is 2.12. The van der Waals surface area contributed by atoms with E-state index in [0.717, 1.165) is 0 Å². The van der Waals surface area contributed by atoms with Crippen LogP contribution in [0.2, 0.25) is 0 Å². The lowest BCUT2D eigenvalue weighted by Crippen LogP contribution is -2.16. The second-order valence-electron chi connectivity index (χ2n) is 6.00. The fourth-order valence-electron chi connectivity index (χ4n) is 2.49. The van der Waals surface area contributed by atoms with Gasteiger partial charge in [0.05, 0.1) is 11.1 Å². The molecule has 140 valence electrons. The SMILES string of the molecule is CC(=O)Nc1cccc(NC(=O)c2cncc(C(=O)Nc3ccccc3)c2)c1. The number of carbonyl (C=O) groups excluding carboxylic acids is 3. The first-order valence-electron chi connectivity index (χ1n) is 8.52. The molecular formula is C21H18N4O3. The fourth-order valence-corrected chi connectivity index (χ4v) is 2.49. The number of carbonyl (C=O) groups is 3. The number of nitrogens with zero attached hydrogens (tertiary/aromatic N) is 1. The van der Waals surface area contributed by atoms with Crippen LogP contribution in [0.15, 0.2) is 73.1 Å². The van der Waals surface area contributed by atoms with E-state index in [1.54, 1.807) is 36.4 Å². The van der Waals surface area contributed by atoms with Crippen LogP contribution in [-0.2, 0) is 4.79 Å². The van der Waals surface area contributed by atoms with Gasteiger partial charge in [-0.25, -0.2) is 0 Å². The number of benzene rings is 2. The summed E-state index contributed by atoms with van der Waals surface area (Å²) in [5.41, 5.74) is 2.24. The van der Waals surface area contributed by atoms with E-state index in [4.69, 9.17) is 0 Å². The Bertz CT molecular complexity index is 1020. The molecule has 7 nitrogen and oxygen atoms in total. The van der Waals surface area contributed by atoms with E-state index in [-0.39, 0.29) is 22.9 Å². The minimum absolute atomic E-state index is 0.204. The lowest BCUT2D eigenvalue weighted by molar-refractivity contribution is -0.114. The standard InChI is InChI=1S/C21H18N4O3/c1-14(26)23-18-8-5-9-19(11-18)25-21(28)16-10-15(12-22-13-16)20(27)24-17-6-3-2-4-7-17/h2-13H,1H3,(H,23,26)(H,24,27)(H,25,28). The first-order valence-corrected chi connectivity index (χ1v) is 8.52. The quantitative estimate of drug-likeness (QED) is 0.636. The lowest BCUT2D eigenvalue weighted by Gasteiger charge is -2.09. The van der Waals surface area contributed by atoms with Crippen LogP contribution in [-0.4, -0.2) is 22.7 Å². The van der Waals surface area contributed by atoms with Crippen molar-refractivity contribution in [2.24, 2.45) is 0 Å². The highest BCUT2D eigenvalue weighted by atomic mass is 16.2. The molecule has 0 spiro atoms. The topological polar surface area (TPSA) is 100 Å². The van der Waals surface area contributed by atoms with Gasteiger partial charge >= 0.3 is 0 Å². The largest absolute Gasteiger partial charge is 0.326 e. The van der Waals surface area contributed by atoms with Gasteiger partial charge in [-0.3, -0.25) is 19.4 Å². The molecule has 0 unspecified atom stereocenters. The second-order valence-corrected chi connectivity index (χ2v) is 6.00. The zero-order valence-electron chi connectivity index (χ0n) is 15.1. The molecule has 3 amide bonds. The third kappa shape index (κ3) is 5.01. The van der Waals surface area contributed by atoms with Gasteiger partial charge in [-0.15, -0.1) is 0 Å². The van der Waals surface area contributed by atoms with Crippen LogP contribution in [0.5, 0.6) is 0 Å². The summed E-state index contributed by atoms with van der Waals surface area (Å²) in [6.07, 6.45) is 2.78. The van der Waals surface area contributed by atoms with Gasteiger partial charge in [0.2, 0.25) is 5.91 Å². The van der Waals surface area contributed by atoms with E-state index in [1.807, 2.05) is 18.2 Å². The summed E-state index contributed by atoms with van der Waals surface area (Å²) in [5, 5.41) is 8.12. The molecule has 28 heavy (non-hydrogen) atoms. The van der Waals surface area contributed by atoms with E-state index in [9.17, 15) is 14.4 Å². The summed E-state index contributed by atoms with van der Waals surface area (Å²) in [7, 11) is 0. The van der Waals surface area contributed by atoms with Gasteiger partial charge in [0.15, 0.2) is 0 Å². The molecule has 2 aromatic carbocycles. The predicted octanol–water partition coefficient (Wildman–Crippen LogP) is 3.54. The van der Waals surface area contributed by atoms with Crippen LogP contribution < -0.4 is 16.0 Å². The van der Waals surface area contributed by atoms with E-state index >= 15 is 0 Å². The van der Waals surface area contributed by atoms with Crippen molar-refractivity contribution in [2.75, 3.05) is 16.0 Å². The molecule has 7 heteroatoms. The van der Waals surface area contributed by atoms with Gasteiger partial charge in [-0.1, -0.05) is 24.3 Å². The Hall–Kier alpha value is -4.00. The summed E-state index contributed by atoms with van der Waals surface area (Å²) in [4.78, 5) is 40.0. The average Bonchev–Trinajstić information content (AvgIpc) is 2.68. The highest BCUT2D eigenvalue weighted by Crippen LogP contribution is 2.16. The molecule has 0 aliphatic rings. The maximum atomic E-state index is 12.5. The molecule has 0 aliphatic carbocycles. The third-order valence-electron chi connectivity index (χ3n) is 3.74. The number of anilines is 3. The lowest BCUT2D eigenvalue weighted by atomic mass is 10.1. The predicted molar refractivity (Wildman–Crippen MR) is 107 cm³/mol. The van der Waals surface area contributed by atoms with Crippen LogP contribution in [0.25, 0.3) is 0 Å². The van der Waals surface area contributed by atoms with Gasteiger partial charge in [0.1, 0.15) is 0 Å². The summed E-state index contributed by atoms with van der Waals surface area (Å²) >= 11 is 0. The van der Waals surface area contributed by atoms with Gasteiger partial charge in [0.25, 0.3) is 11.8 Å². The molecular weight excluding hydrogens is 356 g/mol. The number of amides is 3. The van der Waals surface area contributed by atoms with Crippen LogP contribution in [0.1, 0.15) is 27.6 Å². The third-order valence-corrected chi connectivity index (χ3v) is 3.74. The van der Waals surface area contributed by atoms with Crippen LogP contribution in [0, 0.1) is 0 Å². The smallest absolute Gasteiger partial charge is 0.257 e. The molecule has 0 radical (unpaired) electrons. The Labute approximate surface area is 161 Å². The van der Waals surface area contributed by atoms with Crippen molar-refractivity contribution < 1.29 is 14.4 Å². The minimum Gasteiger partial charge on any atom is -0.326 e. The molecule has 3 aromatic rings. The number of pyridine rings is 1. The van der Waals surface area contributed by atoms with E-state index in [0.29, 0.717) is 17.1 Å². The monoisotopic (exact) mass is 374 g/mol. The average molecular weight is 374 g/mol. The van der Waals surface area contributed by atoms with Crippen molar-refractivity contribution in [3.8, 4) is 0 Å². The number of para-hydroxylation sites is 1. The molecule has 0 atom stereocenters. The Morgan fingerprint density at radius 1 is 0.679 bits per heavy atom. The molecule has 0 bridgehead atoms. The highest BCUT2D eigenvalue weighted by molar-refractivity contribution is 6.08. The summed E-state index contributed by atoms with van der Waals surface area (Å²) in [6.45, 7) is 1.41. The normalized spacial score (nSPS) is 10.0. The Kier molecular flexibility index (Phi) is 5.76. The Morgan fingerprint density at radius 3 is 1.82 bits per heavy atom. The number of aromatic nitrogens is 1. The van der Waals surface area contributed by atoms with Crippen LogP contribution >= 0.6 is 0 Å². The summed E-state index contributed by atoms with van der Waals surface area (Å²) in [6, 6.07) is 17.2. The Morgan fingerprint density at radius 2 is 1.21 bits per heavy atom. The van der Waals surface area contributed by atoms with Crippen molar-refractivity contribution in [1.29, 1.82) is 0 Å². The molecule has 1 aromatic heterocycles. The summed E-state index contributed by atoms with van der Waals surface area (Å²) < 4.78 is 0. The van der Waals surface area contributed by atoms with Crippen molar-refractivity contribution in [2.45, 2.75) is 6.92 Å². The van der Waals surface area contributed by atoms with Gasteiger partial charge < -0.3 is 16.0 Å². The van der Waals surface area contributed by atoms with Gasteiger partial charge in [-0.2, -0.15) is 0 Å².